The molecule has 0 bridgehead atoms. The number of nitrogens with zero attached hydrogens (tertiary/aromatic N) is 6. The molecule has 2 aromatic carbocycles. The highest BCUT2D eigenvalue weighted by Crippen LogP contribution is 2.24. The molecule has 0 radical (unpaired) electrons. The molecule has 1 saturated heterocycles. The highest BCUT2D eigenvalue weighted by atomic mass is 19.2. The molecule has 3 heterocycles. The number of ether oxygens (including phenoxy) is 1. The summed E-state index contributed by atoms with van der Waals surface area (Å²) in [5.74, 6) is -2.77. The van der Waals surface area contributed by atoms with Gasteiger partial charge in [-0.2, -0.15) is 10.4 Å². The van der Waals surface area contributed by atoms with E-state index in [9.17, 15) is 23.2 Å². The standard InChI is InChI=1S/C26H21F3N6O2/c1-37-20-4-2-16(3-5-20)23-12-19(13-30)35-25(32-23)21(14-31-35)26(36)34-8-6-33(7-9-34)15-17-10-18(27)11-22(28)24(17)29/h2-5,10-12,14H,6-9,15H2,1H3. The number of benzene rings is 2. The number of methoxy groups -OCH3 is 1. The van der Waals surface area contributed by atoms with Crippen molar-refractivity contribution in [2.45, 2.75) is 6.54 Å². The fraction of sp³-hybridized carbons (Fsp3) is 0.231. The summed E-state index contributed by atoms with van der Waals surface area (Å²) in [6.45, 7) is 1.43. The molecule has 11 heteroatoms. The lowest BCUT2D eigenvalue weighted by Crippen LogP contribution is -2.48. The lowest BCUT2D eigenvalue weighted by atomic mass is 10.1. The fourth-order valence-corrected chi connectivity index (χ4v) is 4.35. The Kier molecular flexibility index (Phi) is 6.50. The molecule has 1 fully saturated rings. The smallest absolute Gasteiger partial charge is 0.259 e. The van der Waals surface area contributed by atoms with Crippen molar-refractivity contribution in [3.63, 3.8) is 0 Å². The van der Waals surface area contributed by atoms with Gasteiger partial charge in [0.05, 0.1) is 19.0 Å². The van der Waals surface area contributed by atoms with Gasteiger partial charge in [0.1, 0.15) is 28.9 Å². The molecule has 37 heavy (non-hydrogen) atoms. The van der Waals surface area contributed by atoms with Gasteiger partial charge in [0.2, 0.25) is 0 Å². The first kappa shape index (κ1) is 24.3. The van der Waals surface area contributed by atoms with Crippen molar-refractivity contribution in [2.75, 3.05) is 33.3 Å². The maximum absolute atomic E-state index is 14.1. The molecule has 0 atom stereocenters. The van der Waals surface area contributed by atoms with Crippen molar-refractivity contribution < 1.29 is 22.7 Å². The monoisotopic (exact) mass is 506 g/mol. The number of hydrogen-bond acceptors (Lipinski definition) is 6. The molecule has 1 aliphatic heterocycles. The summed E-state index contributed by atoms with van der Waals surface area (Å²) in [4.78, 5) is 21.4. The number of hydrogen-bond donors (Lipinski definition) is 0. The van der Waals surface area contributed by atoms with Crippen LogP contribution in [0.5, 0.6) is 5.75 Å². The molecule has 4 aromatic rings. The number of carbonyl (C=O) groups excluding carboxylic acids is 1. The largest absolute Gasteiger partial charge is 0.497 e. The Bertz CT molecular complexity index is 1520. The van der Waals surface area contributed by atoms with Crippen LogP contribution in [0, 0.1) is 28.8 Å². The number of rotatable bonds is 5. The van der Waals surface area contributed by atoms with E-state index >= 15 is 0 Å². The summed E-state index contributed by atoms with van der Waals surface area (Å²) in [5.41, 5.74) is 1.92. The molecule has 0 aliphatic carbocycles. The van der Waals surface area contributed by atoms with E-state index in [1.165, 1.54) is 10.7 Å². The number of aromatic nitrogens is 3. The zero-order valence-electron chi connectivity index (χ0n) is 19.8. The lowest BCUT2D eigenvalue weighted by Gasteiger charge is -2.34. The predicted molar refractivity (Wildman–Crippen MR) is 127 cm³/mol. The Morgan fingerprint density at radius 1 is 1.08 bits per heavy atom. The summed E-state index contributed by atoms with van der Waals surface area (Å²) in [6, 6.07) is 12.4. The van der Waals surface area contributed by atoms with E-state index in [1.807, 2.05) is 17.0 Å². The lowest BCUT2D eigenvalue weighted by molar-refractivity contribution is 0.0628. The molecule has 8 nitrogen and oxygen atoms in total. The second-order valence-corrected chi connectivity index (χ2v) is 8.59. The third-order valence-electron chi connectivity index (χ3n) is 6.32. The summed E-state index contributed by atoms with van der Waals surface area (Å²) >= 11 is 0. The van der Waals surface area contributed by atoms with Gasteiger partial charge < -0.3 is 9.64 Å². The van der Waals surface area contributed by atoms with E-state index in [0.29, 0.717) is 43.7 Å². The average Bonchev–Trinajstić information content (AvgIpc) is 3.35. The topological polar surface area (TPSA) is 86.8 Å². The van der Waals surface area contributed by atoms with Crippen LogP contribution in [-0.4, -0.2) is 63.6 Å². The minimum atomic E-state index is -1.23. The first-order valence-electron chi connectivity index (χ1n) is 11.5. The molecule has 0 spiro atoms. The van der Waals surface area contributed by atoms with Crippen LogP contribution >= 0.6 is 0 Å². The van der Waals surface area contributed by atoms with Gasteiger partial charge in [-0.15, -0.1) is 0 Å². The Morgan fingerprint density at radius 3 is 2.49 bits per heavy atom. The number of carbonyl (C=O) groups is 1. The Hall–Kier alpha value is -4.43. The van der Waals surface area contributed by atoms with Crippen LogP contribution in [0.15, 0.2) is 48.7 Å². The molecule has 0 saturated carbocycles. The minimum absolute atomic E-state index is 0.0254. The van der Waals surface area contributed by atoms with E-state index in [0.717, 1.165) is 11.6 Å². The van der Waals surface area contributed by atoms with Gasteiger partial charge in [0.15, 0.2) is 17.3 Å². The third-order valence-corrected chi connectivity index (χ3v) is 6.32. The first-order chi connectivity index (χ1) is 17.9. The van der Waals surface area contributed by atoms with Crippen molar-refractivity contribution in [1.29, 1.82) is 5.26 Å². The second kappa shape index (κ2) is 9.91. The third kappa shape index (κ3) is 4.71. The fourth-order valence-electron chi connectivity index (χ4n) is 4.35. The molecular weight excluding hydrogens is 485 g/mol. The van der Waals surface area contributed by atoms with Crippen LogP contribution in [0.25, 0.3) is 16.9 Å². The van der Waals surface area contributed by atoms with Crippen molar-refractivity contribution in [2.24, 2.45) is 0 Å². The SMILES string of the molecule is COc1ccc(-c2cc(C#N)n3ncc(C(=O)N4CCN(Cc5cc(F)cc(F)c5F)CC4)c3n2)cc1. The Morgan fingerprint density at radius 2 is 1.81 bits per heavy atom. The zero-order valence-corrected chi connectivity index (χ0v) is 19.8. The van der Waals surface area contributed by atoms with Crippen molar-refractivity contribution in [1.82, 2.24) is 24.4 Å². The van der Waals surface area contributed by atoms with Gasteiger partial charge >= 0.3 is 0 Å². The normalized spacial score (nSPS) is 14.1. The summed E-state index contributed by atoms with van der Waals surface area (Å²) in [6.07, 6.45) is 1.39. The van der Waals surface area contributed by atoms with Crippen LogP contribution in [0.4, 0.5) is 13.2 Å². The van der Waals surface area contributed by atoms with E-state index in [4.69, 9.17) is 4.74 Å². The van der Waals surface area contributed by atoms with Crippen LogP contribution in [0.2, 0.25) is 0 Å². The molecule has 5 rings (SSSR count). The van der Waals surface area contributed by atoms with Crippen LogP contribution in [0.1, 0.15) is 21.6 Å². The Balaban J connectivity index is 1.36. The average molecular weight is 506 g/mol. The molecule has 188 valence electrons. The summed E-state index contributed by atoms with van der Waals surface area (Å²) in [7, 11) is 1.57. The second-order valence-electron chi connectivity index (χ2n) is 8.59. The molecule has 1 amide bonds. The minimum Gasteiger partial charge on any atom is -0.497 e. The van der Waals surface area contributed by atoms with Gasteiger partial charge in [-0.25, -0.2) is 22.7 Å². The molecular formula is C26H21F3N6O2. The van der Waals surface area contributed by atoms with Gasteiger partial charge in [0, 0.05) is 56.0 Å². The maximum Gasteiger partial charge on any atom is 0.259 e. The van der Waals surface area contributed by atoms with Crippen molar-refractivity contribution in [3.8, 4) is 23.1 Å². The highest BCUT2D eigenvalue weighted by molar-refractivity contribution is 6.00. The molecule has 2 aromatic heterocycles. The zero-order chi connectivity index (χ0) is 26.1. The van der Waals surface area contributed by atoms with Gasteiger partial charge in [0.25, 0.3) is 5.91 Å². The quantitative estimate of drug-likeness (QED) is 0.384. The van der Waals surface area contributed by atoms with E-state index in [2.05, 4.69) is 16.2 Å². The number of amides is 1. The maximum atomic E-state index is 14.1. The predicted octanol–water partition coefficient (Wildman–Crippen LogP) is 3.65. The number of halogens is 3. The number of fused-ring (bicyclic) bond motifs is 1. The van der Waals surface area contributed by atoms with E-state index in [1.54, 1.807) is 30.2 Å². The van der Waals surface area contributed by atoms with Gasteiger partial charge in [-0.05, 0) is 30.3 Å². The van der Waals surface area contributed by atoms with Crippen LogP contribution in [0.3, 0.4) is 0 Å². The Labute approximate surface area is 210 Å². The number of piperazine rings is 1. The van der Waals surface area contributed by atoms with Crippen LogP contribution in [-0.2, 0) is 6.54 Å². The molecule has 0 unspecified atom stereocenters. The summed E-state index contributed by atoms with van der Waals surface area (Å²) < 4.78 is 47.6. The van der Waals surface area contributed by atoms with Gasteiger partial charge in [-0.3, -0.25) is 9.69 Å². The first-order valence-corrected chi connectivity index (χ1v) is 11.5. The van der Waals surface area contributed by atoms with Crippen molar-refractivity contribution in [3.05, 3.63) is 82.9 Å². The number of nitriles is 1. The van der Waals surface area contributed by atoms with E-state index in [-0.39, 0.29) is 34.9 Å². The van der Waals surface area contributed by atoms with E-state index < -0.39 is 17.5 Å². The molecule has 1 aliphatic rings. The molecule has 0 N–H and O–H groups in total. The summed E-state index contributed by atoms with van der Waals surface area (Å²) in [5, 5.41) is 13.9. The van der Waals surface area contributed by atoms with Crippen molar-refractivity contribution >= 4 is 11.6 Å². The highest BCUT2D eigenvalue weighted by Gasteiger charge is 2.27. The van der Waals surface area contributed by atoms with Gasteiger partial charge in [-0.1, -0.05) is 0 Å². The van der Waals surface area contributed by atoms with Crippen LogP contribution < -0.4 is 4.74 Å².